The van der Waals surface area contributed by atoms with Crippen LogP contribution in [0.1, 0.15) is 60.5 Å². The third-order valence-corrected chi connectivity index (χ3v) is 6.45. The van der Waals surface area contributed by atoms with Crippen LogP contribution in [0, 0.1) is 0 Å². The number of hydrogen-bond donors (Lipinski definition) is 1. The lowest BCUT2D eigenvalue weighted by atomic mass is 9.93. The summed E-state index contributed by atoms with van der Waals surface area (Å²) in [6.45, 7) is 3.64. The van der Waals surface area contributed by atoms with E-state index in [1.807, 2.05) is 0 Å². The fraction of sp³-hybridized carbons (Fsp3) is 0.500. The predicted molar refractivity (Wildman–Crippen MR) is 123 cm³/mol. The largest absolute Gasteiger partial charge is 0.497 e. The van der Waals surface area contributed by atoms with E-state index < -0.39 is 17.4 Å². The maximum absolute atomic E-state index is 13.8. The first-order valence-corrected chi connectivity index (χ1v) is 11.4. The van der Waals surface area contributed by atoms with Crippen molar-refractivity contribution in [1.29, 1.82) is 0 Å². The standard InChI is InChI=1S/C24H30N4O6/c1-5-34-22(30)17-13-19-21(29)28(18-11-10-16(32-3)12-20(18)33-4)24(2,14-27(19)26-17)23(31)25-15-8-6-7-9-15/h10-13,15H,5-9,14H2,1-4H3,(H,25,31)/t24-/m1/s1. The Balaban J connectivity index is 1.81. The number of rotatable bonds is 7. The van der Waals surface area contributed by atoms with Crippen molar-refractivity contribution in [2.75, 3.05) is 25.7 Å². The molecule has 4 rings (SSSR count). The number of anilines is 1. The van der Waals surface area contributed by atoms with Crippen LogP contribution in [-0.4, -0.2) is 60.0 Å². The average molecular weight is 471 g/mol. The summed E-state index contributed by atoms with van der Waals surface area (Å²) in [4.78, 5) is 41.2. The van der Waals surface area contributed by atoms with Gasteiger partial charge in [-0.2, -0.15) is 5.10 Å². The molecule has 1 aromatic heterocycles. The first-order chi connectivity index (χ1) is 16.3. The molecule has 1 atom stereocenters. The monoisotopic (exact) mass is 470 g/mol. The zero-order valence-corrected chi connectivity index (χ0v) is 19.9. The van der Waals surface area contributed by atoms with Gasteiger partial charge in [0.2, 0.25) is 5.91 Å². The molecule has 10 heteroatoms. The van der Waals surface area contributed by atoms with Crippen LogP contribution in [0.3, 0.4) is 0 Å². The Morgan fingerprint density at radius 2 is 1.91 bits per heavy atom. The van der Waals surface area contributed by atoms with E-state index in [0.717, 1.165) is 25.7 Å². The molecule has 0 radical (unpaired) electrons. The van der Waals surface area contributed by atoms with Crippen molar-refractivity contribution >= 4 is 23.5 Å². The van der Waals surface area contributed by atoms with Gasteiger partial charge in [-0.3, -0.25) is 19.2 Å². The number of esters is 1. The van der Waals surface area contributed by atoms with E-state index in [1.165, 1.54) is 29.9 Å². The third-order valence-electron chi connectivity index (χ3n) is 6.45. The average Bonchev–Trinajstić information content (AvgIpc) is 3.49. The molecule has 10 nitrogen and oxygen atoms in total. The van der Waals surface area contributed by atoms with Crippen molar-refractivity contribution < 1.29 is 28.6 Å². The minimum absolute atomic E-state index is 0.0206. The molecule has 1 aliphatic carbocycles. The van der Waals surface area contributed by atoms with E-state index in [4.69, 9.17) is 14.2 Å². The Kier molecular flexibility index (Phi) is 6.49. The van der Waals surface area contributed by atoms with Crippen LogP contribution in [0.15, 0.2) is 24.3 Å². The first-order valence-electron chi connectivity index (χ1n) is 11.4. The van der Waals surface area contributed by atoms with Gasteiger partial charge in [-0.1, -0.05) is 12.8 Å². The Morgan fingerprint density at radius 1 is 1.18 bits per heavy atom. The number of benzene rings is 1. The molecular formula is C24H30N4O6. The molecule has 1 aromatic carbocycles. The third kappa shape index (κ3) is 4.08. The van der Waals surface area contributed by atoms with E-state index in [1.54, 1.807) is 32.0 Å². The maximum atomic E-state index is 13.8. The molecule has 2 amide bonds. The SMILES string of the molecule is CCOC(=O)c1cc2n(n1)C[C@](C)(C(=O)NC1CCCC1)N(c1ccc(OC)cc1OC)C2=O. The Hall–Kier alpha value is -3.56. The van der Waals surface area contributed by atoms with Crippen LogP contribution in [0.2, 0.25) is 0 Å². The molecule has 34 heavy (non-hydrogen) atoms. The molecular weight excluding hydrogens is 440 g/mol. The number of carbonyl (C=O) groups is 3. The maximum Gasteiger partial charge on any atom is 0.358 e. The molecule has 0 saturated heterocycles. The van der Waals surface area contributed by atoms with Gasteiger partial charge < -0.3 is 19.5 Å². The van der Waals surface area contributed by atoms with Crippen LogP contribution < -0.4 is 19.7 Å². The van der Waals surface area contributed by atoms with Crippen molar-refractivity contribution in [1.82, 2.24) is 15.1 Å². The van der Waals surface area contributed by atoms with E-state index in [-0.39, 0.29) is 36.5 Å². The first kappa shape index (κ1) is 23.6. The number of nitrogens with zero attached hydrogens (tertiary/aromatic N) is 3. The lowest BCUT2D eigenvalue weighted by Gasteiger charge is -2.43. The van der Waals surface area contributed by atoms with Gasteiger partial charge in [0.05, 0.1) is 33.1 Å². The number of methoxy groups -OCH3 is 2. The number of aromatic nitrogens is 2. The topological polar surface area (TPSA) is 112 Å². The number of fused-ring (bicyclic) bond motifs is 1. The highest BCUT2D eigenvalue weighted by molar-refractivity contribution is 6.13. The zero-order chi connectivity index (χ0) is 24.5. The molecule has 2 heterocycles. The Bertz CT molecular complexity index is 1110. The van der Waals surface area contributed by atoms with Gasteiger partial charge in [0.1, 0.15) is 22.7 Å². The van der Waals surface area contributed by atoms with Crippen LogP contribution in [0.25, 0.3) is 0 Å². The van der Waals surface area contributed by atoms with Gasteiger partial charge in [-0.15, -0.1) is 0 Å². The van der Waals surface area contributed by atoms with Crippen molar-refractivity contribution in [3.63, 3.8) is 0 Å². The smallest absolute Gasteiger partial charge is 0.358 e. The second kappa shape index (κ2) is 9.36. The van der Waals surface area contributed by atoms with Crippen molar-refractivity contribution in [2.45, 2.75) is 57.7 Å². The minimum Gasteiger partial charge on any atom is -0.497 e. The summed E-state index contributed by atoms with van der Waals surface area (Å²) in [7, 11) is 3.03. The molecule has 0 unspecified atom stereocenters. The van der Waals surface area contributed by atoms with Gasteiger partial charge in [0.25, 0.3) is 5.91 Å². The Labute approximate surface area is 198 Å². The molecule has 0 bridgehead atoms. The summed E-state index contributed by atoms with van der Waals surface area (Å²) in [6.07, 6.45) is 3.93. The molecule has 1 aliphatic heterocycles. The summed E-state index contributed by atoms with van der Waals surface area (Å²) in [6, 6.07) is 6.52. The van der Waals surface area contributed by atoms with Crippen LogP contribution in [0.5, 0.6) is 11.5 Å². The molecule has 2 aliphatic rings. The molecule has 1 saturated carbocycles. The summed E-state index contributed by atoms with van der Waals surface area (Å²) in [5.74, 6) is -0.447. The highest BCUT2D eigenvalue weighted by Crippen LogP contribution is 2.40. The molecule has 1 fully saturated rings. The number of amides is 2. The van der Waals surface area contributed by atoms with E-state index in [9.17, 15) is 14.4 Å². The minimum atomic E-state index is -1.33. The normalized spacial score (nSPS) is 20.1. The van der Waals surface area contributed by atoms with Crippen LogP contribution in [0.4, 0.5) is 5.69 Å². The van der Waals surface area contributed by atoms with Crippen molar-refractivity contribution in [2.24, 2.45) is 0 Å². The van der Waals surface area contributed by atoms with E-state index in [0.29, 0.717) is 17.2 Å². The summed E-state index contributed by atoms with van der Waals surface area (Å²) >= 11 is 0. The summed E-state index contributed by atoms with van der Waals surface area (Å²) in [5.41, 5.74) is -0.700. The molecule has 0 spiro atoms. The fourth-order valence-electron chi connectivity index (χ4n) is 4.64. The van der Waals surface area contributed by atoms with Gasteiger partial charge >= 0.3 is 5.97 Å². The lowest BCUT2D eigenvalue weighted by Crippen LogP contribution is -2.65. The highest BCUT2D eigenvalue weighted by atomic mass is 16.5. The summed E-state index contributed by atoms with van der Waals surface area (Å²) in [5, 5.41) is 7.41. The molecule has 1 N–H and O–H groups in total. The van der Waals surface area contributed by atoms with E-state index in [2.05, 4.69) is 10.4 Å². The van der Waals surface area contributed by atoms with Crippen molar-refractivity contribution in [3.8, 4) is 11.5 Å². The van der Waals surface area contributed by atoms with Gasteiger partial charge in [0, 0.05) is 18.2 Å². The van der Waals surface area contributed by atoms with E-state index >= 15 is 0 Å². The van der Waals surface area contributed by atoms with Gasteiger partial charge in [-0.05, 0) is 38.8 Å². The van der Waals surface area contributed by atoms with Crippen LogP contribution >= 0.6 is 0 Å². The van der Waals surface area contributed by atoms with Crippen molar-refractivity contribution in [3.05, 3.63) is 35.7 Å². The lowest BCUT2D eigenvalue weighted by molar-refractivity contribution is -0.127. The second-order valence-corrected chi connectivity index (χ2v) is 8.70. The fourth-order valence-corrected chi connectivity index (χ4v) is 4.64. The number of carbonyl (C=O) groups excluding carboxylic acids is 3. The predicted octanol–water partition coefficient (Wildman–Crippen LogP) is 2.55. The van der Waals surface area contributed by atoms with Gasteiger partial charge in [0.15, 0.2) is 5.69 Å². The number of hydrogen-bond acceptors (Lipinski definition) is 7. The number of ether oxygens (including phenoxy) is 3. The zero-order valence-electron chi connectivity index (χ0n) is 19.9. The second-order valence-electron chi connectivity index (χ2n) is 8.70. The quantitative estimate of drug-likeness (QED) is 0.619. The van der Waals surface area contributed by atoms with Gasteiger partial charge in [-0.25, -0.2) is 4.79 Å². The molecule has 2 aromatic rings. The summed E-state index contributed by atoms with van der Waals surface area (Å²) < 4.78 is 17.3. The Morgan fingerprint density at radius 3 is 2.56 bits per heavy atom. The molecule has 182 valence electrons. The number of nitrogens with one attached hydrogen (secondary N) is 1. The van der Waals surface area contributed by atoms with Crippen LogP contribution in [-0.2, 0) is 16.1 Å². The highest BCUT2D eigenvalue weighted by Gasteiger charge is 2.50.